The lowest BCUT2D eigenvalue weighted by molar-refractivity contribution is 0.391. The SMILES string of the molecule is CNC1CCCC1c1cc(OC)cc(OC)c1. The number of ether oxygens (including phenoxy) is 2. The highest BCUT2D eigenvalue weighted by atomic mass is 16.5. The third kappa shape index (κ3) is 2.55. The second-order valence-electron chi connectivity index (χ2n) is 4.58. The van der Waals surface area contributed by atoms with Gasteiger partial charge in [0.15, 0.2) is 0 Å². The smallest absolute Gasteiger partial charge is 0.122 e. The molecule has 3 heteroatoms. The van der Waals surface area contributed by atoms with Crippen LogP contribution in [0.4, 0.5) is 0 Å². The van der Waals surface area contributed by atoms with E-state index in [0.717, 1.165) is 11.5 Å². The summed E-state index contributed by atoms with van der Waals surface area (Å²) >= 11 is 0. The average Bonchev–Trinajstić information content (AvgIpc) is 2.86. The minimum Gasteiger partial charge on any atom is -0.497 e. The first-order valence-electron chi connectivity index (χ1n) is 6.18. The lowest BCUT2D eigenvalue weighted by atomic mass is 9.93. The molecule has 0 radical (unpaired) electrons. The monoisotopic (exact) mass is 235 g/mol. The summed E-state index contributed by atoms with van der Waals surface area (Å²) in [6.45, 7) is 0. The molecule has 0 spiro atoms. The molecule has 2 unspecified atom stereocenters. The third-order valence-electron chi connectivity index (χ3n) is 3.69. The molecule has 2 rings (SSSR count). The predicted molar refractivity (Wildman–Crippen MR) is 69.0 cm³/mol. The number of likely N-dealkylation sites (N-methyl/N-ethyl adjacent to an activating group) is 1. The molecule has 0 aliphatic heterocycles. The van der Waals surface area contributed by atoms with Crippen LogP contribution in [0.1, 0.15) is 30.7 Å². The predicted octanol–water partition coefficient (Wildman–Crippen LogP) is 2.56. The Morgan fingerprint density at radius 2 is 1.71 bits per heavy atom. The molecule has 0 bridgehead atoms. The number of hydrogen-bond donors (Lipinski definition) is 1. The van der Waals surface area contributed by atoms with E-state index in [1.807, 2.05) is 13.1 Å². The Morgan fingerprint density at radius 1 is 1.06 bits per heavy atom. The number of methoxy groups -OCH3 is 2. The van der Waals surface area contributed by atoms with E-state index in [9.17, 15) is 0 Å². The molecule has 1 aromatic carbocycles. The standard InChI is InChI=1S/C14H21NO2/c1-15-14-6-4-5-13(14)10-7-11(16-2)9-12(8-10)17-3/h7-9,13-15H,4-6H2,1-3H3. The lowest BCUT2D eigenvalue weighted by Gasteiger charge is -2.20. The van der Waals surface area contributed by atoms with Gasteiger partial charge in [0.1, 0.15) is 11.5 Å². The van der Waals surface area contributed by atoms with Gasteiger partial charge in [-0.25, -0.2) is 0 Å². The Bertz CT molecular complexity index is 356. The van der Waals surface area contributed by atoms with Crippen molar-refractivity contribution in [3.05, 3.63) is 23.8 Å². The molecule has 1 N–H and O–H groups in total. The van der Waals surface area contributed by atoms with Gasteiger partial charge in [0.25, 0.3) is 0 Å². The van der Waals surface area contributed by atoms with E-state index in [0.29, 0.717) is 12.0 Å². The van der Waals surface area contributed by atoms with Crippen LogP contribution < -0.4 is 14.8 Å². The topological polar surface area (TPSA) is 30.5 Å². The van der Waals surface area contributed by atoms with Gasteiger partial charge in [-0.05, 0) is 43.5 Å². The second-order valence-corrected chi connectivity index (χ2v) is 4.58. The van der Waals surface area contributed by atoms with Gasteiger partial charge in [-0.3, -0.25) is 0 Å². The molecule has 1 saturated carbocycles. The normalized spacial score (nSPS) is 23.7. The van der Waals surface area contributed by atoms with Gasteiger partial charge in [-0.2, -0.15) is 0 Å². The molecule has 1 fully saturated rings. The maximum atomic E-state index is 5.33. The summed E-state index contributed by atoms with van der Waals surface area (Å²) in [5.74, 6) is 2.33. The van der Waals surface area contributed by atoms with E-state index < -0.39 is 0 Å². The molecule has 0 amide bonds. The van der Waals surface area contributed by atoms with Crippen LogP contribution in [0, 0.1) is 0 Å². The van der Waals surface area contributed by atoms with Crippen LogP contribution in [0.25, 0.3) is 0 Å². The van der Waals surface area contributed by atoms with Gasteiger partial charge < -0.3 is 14.8 Å². The highest BCUT2D eigenvalue weighted by molar-refractivity contribution is 5.40. The van der Waals surface area contributed by atoms with E-state index >= 15 is 0 Å². The highest BCUT2D eigenvalue weighted by Crippen LogP contribution is 2.37. The average molecular weight is 235 g/mol. The van der Waals surface area contributed by atoms with Gasteiger partial charge in [0.05, 0.1) is 14.2 Å². The third-order valence-corrected chi connectivity index (χ3v) is 3.69. The summed E-state index contributed by atoms with van der Waals surface area (Å²) in [7, 11) is 5.44. The first kappa shape index (κ1) is 12.2. The van der Waals surface area contributed by atoms with E-state index in [1.165, 1.54) is 24.8 Å². The molecule has 1 aliphatic carbocycles. The van der Waals surface area contributed by atoms with Crippen LogP contribution in [-0.2, 0) is 0 Å². The van der Waals surface area contributed by atoms with E-state index in [1.54, 1.807) is 14.2 Å². The zero-order chi connectivity index (χ0) is 12.3. The van der Waals surface area contributed by atoms with Gasteiger partial charge in [0, 0.05) is 12.1 Å². The Labute approximate surface area is 103 Å². The molecule has 94 valence electrons. The summed E-state index contributed by atoms with van der Waals surface area (Å²) in [5, 5.41) is 3.41. The first-order chi connectivity index (χ1) is 8.28. The van der Waals surface area contributed by atoms with E-state index in [2.05, 4.69) is 17.4 Å². The zero-order valence-electron chi connectivity index (χ0n) is 10.8. The molecule has 1 aromatic rings. The van der Waals surface area contributed by atoms with Crippen molar-refractivity contribution in [2.24, 2.45) is 0 Å². The summed E-state index contributed by atoms with van der Waals surface area (Å²) in [5.41, 5.74) is 1.32. The fraction of sp³-hybridized carbons (Fsp3) is 0.571. The molecular weight excluding hydrogens is 214 g/mol. The number of nitrogens with one attached hydrogen (secondary N) is 1. The van der Waals surface area contributed by atoms with Crippen molar-refractivity contribution >= 4 is 0 Å². The van der Waals surface area contributed by atoms with Crippen molar-refractivity contribution in [3.63, 3.8) is 0 Å². The number of rotatable bonds is 4. The van der Waals surface area contributed by atoms with E-state index in [4.69, 9.17) is 9.47 Å². The van der Waals surface area contributed by atoms with Crippen molar-refractivity contribution in [1.29, 1.82) is 0 Å². The molecule has 0 saturated heterocycles. The molecule has 3 nitrogen and oxygen atoms in total. The summed E-state index contributed by atoms with van der Waals surface area (Å²) in [4.78, 5) is 0. The Kier molecular flexibility index (Phi) is 3.89. The van der Waals surface area contributed by atoms with Crippen molar-refractivity contribution in [2.45, 2.75) is 31.2 Å². The van der Waals surface area contributed by atoms with Gasteiger partial charge >= 0.3 is 0 Å². The van der Waals surface area contributed by atoms with Crippen LogP contribution in [0.15, 0.2) is 18.2 Å². The van der Waals surface area contributed by atoms with Gasteiger partial charge in [-0.15, -0.1) is 0 Å². The maximum absolute atomic E-state index is 5.33. The van der Waals surface area contributed by atoms with Crippen LogP contribution in [0.5, 0.6) is 11.5 Å². The fourth-order valence-corrected chi connectivity index (χ4v) is 2.75. The molecule has 0 heterocycles. The van der Waals surface area contributed by atoms with Gasteiger partial charge in [-0.1, -0.05) is 6.42 Å². The van der Waals surface area contributed by atoms with Crippen molar-refractivity contribution in [2.75, 3.05) is 21.3 Å². The highest BCUT2D eigenvalue weighted by Gasteiger charge is 2.27. The zero-order valence-corrected chi connectivity index (χ0v) is 10.8. The fourth-order valence-electron chi connectivity index (χ4n) is 2.75. The van der Waals surface area contributed by atoms with Gasteiger partial charge in [0.2, 0.25) is 0 Å². The summed E-state index contributed by atoms with van der Waals surface area (Å²) in [6, 6.07) is 6.75. The van der Waals surface area contributed by atoms with Crippen molar-refractivity contribution < 1.29 is 9.47 Å². The molecular formula is C14H21NO2. The van der Waals surface area contributed by atoms with Crippen LogP contribution in [-0.4, -0.2) is 27.3 Å². The molecule has 1 aliphatic rings. The Balaban J connectivity index is 2.30. The van der Waals surface area contributed by atoms with Crippen LogP contribution in [0.3, 0.4) is 0 Å². The van der Waals surface area contributed by atoms with Crippen LogP contribution in [0.2, 0.25) is 0 Å². The number of hydrogen-bond acceptors (Lipinski definition) is 3. The molecule has 0 aromatic heterocycles. The Morgan fingerprint density at radius 3 is 2.24 bits per heavy atom. The largest absolute Gasteiger partial charge is 0.497 e. The summed E-state index contributed by atoms with van der Waals surface area (Å²) < 4.78 is 10.7. The van der Waals surface area contributed by atoms with Crippen molar-refractivity contribution in [1.82, 2.24) is 5.32 Å². The minimum atomic E-state index is 0.573. The molecule has 2 atom stereocenters. The Hall–Kier alpha value is -1.22. The quantitative estimate of drug-likeness (QED) is 0.870. The van der Waals surface area contributed by atoms with E-state index in [-0.39, 0.29) is 0 Å². The summed E-state index contributed by atoms with van der Waals surface area (Å²) in [6.07, 6.45) is 3.78. The minimum absolute atomic E-state index is 0.573. The molecule has 17 heavy (non-hydrogen) atoms. The lowest BCUT2D eigenvalue weighted by Crippen LogP contribution is -2.27. The first-order valence-corrected chi connectivity index (χ1v) is 6.18. The maximum Gasteiger partial charge on any atom is 0.122 e. The van der Waals surface area contributed by atoms with Crippen LogP contribution >= 0.6 is 0 Å². The van der Waals surface area contributed by atoms with Crippen molar-refractivity contribution in [3.8, 4) is 11.5 Å². The second kappa shape index (κ2) is 5.41. The number of benzene rings is 1.